The highest BCUT2D eigenvalue weighted by atomic mass is 32.1. The fourth-order valence-corrected chi connectivity index (χ4v) is 3.47. The summed E-state index contributed by atoms with van der Waals surface area (Å²) in [5, 5.41) is 2.53. The molecule has 1 amide bonds. The summed E-state index contributed by atoms with van der Waals surface area (Å²) < 4.78 is 1.35. The number of aromatic nitrogens is 3. The zero-order chi connectivity index (χ0) is 19.2. The van der Waals surface area contributed by atoms with Gasteiger partial charge in [0.2, 0.25) is 5.91 Å². The quantitative estimate of drug-likeness (QED) is 0.629. The van der Waals surface area contributed by atoms with Crippen LogP contribution in [0.5, 0.6) is 0 Å². The molecular weight excluding hydrogens is 360 g/mol. The van der Waals surface area contributed by atoms with Gasteiger partial charge in [-0.3, -0.25) is 14.2 Å². The van der Waals surface area contributed by atoms with Crippen LogP contribution in [0.15, 0.2) is 53.0 Å². The van der Waals surface area contributed by atoms with Gasteiger partial charge in [-0.15, -0.1) is 11.3 Å². The van der Waals surface area contributed by atoms with Gasteiger partial charge in [-0.05, 0) is 6.42 Å². The molecule has 0 radical (unpaired) electrons. The number of carbonyl (C=O) groups excluding carboxylic acids is 1. The molecule has 0 unspecified atom stereocenters. The third kappa shape index (κ3) is 4.49. The molecule has 3 aromatic rings. The molecule has 27 heavy (non-hydrogen) atoms. The van der Waals surface area contributed by atoms with E-state index in [0.717, 1.165) is 24.1 Å². The lowest BCUT2D eigenvalue weighted by atomic mass is 10.2. The molecule has 0 fully saturated rings. The molecule has 0 saturated carbocycles. The number of benzene rings is 1. The minimum atomic E-state index is -0.254. The second-order valence-electron chi connectivity index (χ2n) is 6.31. The van der Waals surface area contributed by atoms with Gasteiger partial charge in [0, 0.05) is 30.7 Å². The van der Waals surface area contributed by atoms with Crippen LogP contribution in [-0.2, 0) is 11.3 Å². The molecule has 7 heteroatoms. The van der Waals surface area contributed by atoms with Crippen molar-refractivity contribution in [1.82, 2.24) is 19.4 Å². The van der Waals surface area contributed by atoms with E-state index in [1.165, 1.54) is 28.4 Å². The van der Waals surface area contributed by atoms with Crippen LogP contribution in [0.25, 0.3) is 21.8 Å². The van der Waals surface area contributed by atoms with Crippen LogP contribution in [0.1, 0.15) is 19.8 Å². The Morgan fingerprint density at radius 2 is 2.04 bits per heavy atom. The van der Waals surface area contributed by atoms with E-state index in [4.69, 9.17) is 0 Å². The van der Waals surface area contributed by atoms with Crippen LogP contribution in [0, 0.1) is 0 Å². The lowest BCUT2D eigenvalue weighted by molar-refractivity contribution is -0.130. The molecule has 2 aromatic heterocycles. The number of nitrogens with zero attached hydrogens (tertiary/aromatic N) is 4. The van der Waals surface area contributed by atoms with Gasteiger partial charge in [-0.1, -0.05) is 43.7 Å². The van der Waals surface area contributed by atoms with Crippen LogP contribution < -0.4 is 5.56 Å². The van der Waals surface area contributed by atoms with Gasteiger partial charge in [0.05, 0.1) is 17.6 Å². The zero-order valence-electron chi connectivity index (χ0n) is 15.5. The highest BCUT2D eigenvalue weighted by Crippen LogP contribution is 2.26. The molecular formula is C20H22N4O2S. The van der Waals surface area contributed by atoms with Crippen molar-refractivity contribution in [3.63, 3.8) is 0 Å². The van der Waals surface area contributed by atoms with E-state index in [9.17, 15) is 9.59 Å². The van der Waals surface area contributed by atoms with Gasteiger partial charge >= 0.3 is 0 Å². The van der Waals surface area contributed by atoms with Crippen molar-refractivity contribution in [2.24, 2.45) is 0 Å². The standard InChI is InChI=1S/C20H22N4O2S/c1-3-4-10-23(2)18(25)12-24-14-21-11-16(20(24)26)19-22-17(13-27-19)15-8-6-5-7-9-15/h5-9,11,13-14H,3-4,10,12H2,1-2H3. The van der Waals surface area contributed by atoms with E-state index >= 15 is 0 Å². The largest absolute Gasteiger partial charge is 0.344 e. The molecule has 6 nitrogen and oxygen atoms in total. The van der Waals surface area contributed by atoms with Crippen molar-refractivity contribution in [3.8, 4) is 21.8 Å². The predicted octanol–water partition coefficient (Wildman–Crippen LogP) is 3.29. The number of hydrogen-bond donors (Lipinski definition) is 0. The monoisotopic (exact) mass is 382 g/mol. The van der Waals surface area contributed by atoms with Crippen molar-refractivity contribution in [1.29, 1.82) is 0 Å². The Morgan fingerprint density at radius 3 is 2.78 bits per heavy atom. The topological polar surface area (TPSA) is 68.1 Å². The Balaban J connectivity index is 1.82. The van der Waals surface area contributed by atoms with Gasteiger partial charge in [0.25, 0.3) is 5.56 Å². The number of rotatable bonds is 7. The Bertz CT molecular complexity index is 965. The first-order valence-electron chi connectivity index (χ1n) is 8.90. The van der Waals surface area contributed by atoms with E-state index in [0.29, 0.717) is 17.1 Å². The molecule has 1 aromatic carbocycles. The average Bonchev–Trinajstić information content (AvgIpc) is 3.18. The summed E-state index contributed by atoms with van der Waals surface area (Å²) in [4.78, 5) is 35.5. The lowest BCUT2D eigenvalue weighted by Gasteiger charge is -2.17. The zero-order valence-corrected chi connectivity index (χ0v) is 16.3. The van der Waals surface area contributed by atoms with E-state index in [1.807, 2.05) is 35.7 Å². The number of carbonyl (C=O) groups is 1. The highest BCUT2D eigenvalue weighted by Gasteiger charge is 2.15. The summed E-state index contributed by atoms with van der Waals surface area (Å²) >= 11 is 1.40. The maximum absolute atomic E-state index is 12.8. The number of unbranched alkanes of at least 4 members (excludes halogenated alkanes) is 1. The Hall–Kier alpha value is -2.80. The molecule has 0 bridgehead atoms. The summed E-state index contributed by atoms with van der Waals surface area (Å²) in [6.45, 7) is 2.74. The summed E-state index contributed by atoms with van der Waals surface area (Å²) in [6.07, 6.45) is 4.88. The van der Waals surface area contributed by atoms with E-state index in [1.54, 1.807) is 11.9 Å². The summed E-state index contributed by atoms with van der Waals surface area (Å²) in [5.41, 5.74) is 1.97. The Kier molecular flexibility index (Phi) is 6.13. The van der Waals surface area contributed by atoms with Crippen molar-refractivity contribution < 1.29 is 4.79 Å². The molecule has 0 saturated heterocycles. The van der Waals surface area contributed by atoms with Crippen molar-refractivity contribution >= 4 is 17.2 Å². The number of amides is 1. The predicted molar refractivity (Wildman–Crippen MR) is 108 cm³/mol. The first kappa shape index (κ1) is 19.0. The second-order valence-corrected chi connectivity index (χ2v) is 7.17. The molecule has 140 valence electrons. The molecule has 0 spiro atoms. The summed E-state index contributed by atoms with van der Waals surface area (Å²) in [5.74, 6) is -0.103. The normalized spacial score (nSPS) is 10.7. The van der Waals surface area contributed by atoms with Gasteiger partial charge in [0.1, 0.15) is 11.6 Å². The first-order chi connectivity index (χ1) is 13.1. The second kappa shape index (κ2) is 8.73. The minimum Gasteiger partial charge on any atom is -0.344 e. The number of thiazole rings is 1. The highest BCUT2D eigenvalue weighted by molar-refractivity contribution is 7.13. The maximum Gasteiger partial charge on any atom is 0.264 e. The SMILES string of the molecule is CCCCN(C)C(=O)Cn1cncc(-c2nc(-c3ccccc3)cs2)c1=O. The van der Waals surface area contributed by atoms with Gasteiger partial charge in [-0.25, -0.2) is 9.97 Å². The molecule has 2 heterocycles. The molecule has 0 aliphatic carbocycles. The van der Waals surface area contributed by atoms with E-state index in [-0.39, 0.29) is 18.0 Å². The molecule has 0 N–H and O–H groups in total. The van der Waals surface area contributed by atoms with Gasteiger partial charge < -0.3 is 4.90 Å². The van der Waals surface area contributed by atoms with Gasteiger partial charge in [0.15, 0.2) is 0 Å². The Labute approximate surface area is 162 Å². The van der Waals surface area contributed by atoms with Gasteiger partial charge in [-0.2, -0.15) is 0 Å². The maximum atomic E-state index is 12.8. The first-order valence-corrected chi connectivity index (χ1v) is 9.78. The third-order valence-electron chi connectivity index (χ3n) is 4.28. The summed E-state index contributed by atoms with van der Waals surface area (Å²) in [7, 11) is 1.76. The lowest BCUT2D eigenvalue weighted by Crippen LogP contribution is -2.34. The molecule has 0 atom stereocenters. The molecule has 0 aliphatic heterocycles. The van der Waals surface area contributed by atoms with Crippen LogP contribution in [0.3, 0.4) is 0 Å². The van der Waals surface area contributed by atoms with Crippen molar-refractivity contribution in [2.45, 2.75) is 26.3 Å². The summed E-state index contributed by atoms with van der Waals surface area (Å²) in [6, 6.07) is 9.81. The van der Waals surface area contributed by atoms with Crippen LogP contribution in [0.4, 0.5) is 0 Å². The van der Waals surface area contributed by atoms with Crippen LogP contribution in [0.2, 0.25) is 0 Å². The third-order valence-corrected chi connectivity index (χ3v) is 5.16. The van der Waals surface area contributed by atoms with E-state index in [2.05, 4.69) is 16.9 Å². The van der Waals surface area contributed by atoms with Crippen LogP contribution >= 0.6 is 11.3 Å². The van der Waals surface area contributed by atoms with Crippen molar-refractivity contribution in [3.05, 3.63) is 58.6 Å². The van der Waals surface area contributed by atoms with E-state index < -0.39 is 0 Å². The fraction of sp³-hybridized carbons (Fsp3) is 0.300. The Morgan fingerprint density at radius 1 is 1.26 bits per heavy atom. The molecule has 3 rings (SSSR count). The van der Waals surface area contributed by atoms with Crippen LogP contribution in [-0.4, -0.2) is 38.9 Å². The number of likely N-dealkylation sites (N-methyl/N-ethyl adjacent to an activating group) is 1. The molecule has 0 aliphatic rings. The fourth-order valence-electron chi connectivity index (χ4n) is 2.64. The minimum absolute atomic E-state index is 0.0171. The average molecular weight is 382 g/mol. The van der Waals surface area contributed by atoms with Crippen molar-refractivity contribution in [2.75, 3.05) is 13.6 Å². The number of hydrogen-bond acceptors (Lipinski definition) is 5. The smallest absolute Gasteiger partial charge is 0.264 e.